The molecule has 0 unspecified atom stereocenters. The molecule has 2 aromatic carbocycles. The smallest absolute Gasteiger partial charge is 0.242 e. The van der Waals surface area contributed by atoms with E-state index < -0.39 is 0 Å². The molecular formula is C25H34FN3O2. The third-order valence-corrected chi connectivity index (χ3v) is 5.60. The second-order valence-corrected chi connectivity index (χ2v) is 8.77. The molecule has 0 atom stereocenters. The highest BCUT2D eigenvalue weighted by Gasteiger charge is 2.27. The van der Waals surface area contributed by atoms with Gasteiger partial charge in [-0.1, -0.05) is 26.0 Å². The molecule has 1 aliphatic rings. The molecule has 1 saturated heterocycles. The van der Waals surface area contributed by atoms with Gasteiger partial charge < -0.3 is 19.9 Å². The molecule has 0 spiro atoms. The van der Waals surface area contributed by atoms with E-state index in [4.69, 9.17) is 4.74 Å². The number of amides is 1. The zero-order chi connectivity index (χ0) is 22.2. The number of carbonyl (C=O) groups excluding carboxylic acids is 1. The molecule has 0 aliphatic carbocycles. The van der Waals surface area contributed by atoms with Gasteiger partial charge in [0, 0.05) is 18.3 Å². The first-order chi connectivity index (χ1) is 14.9. The second-order valence-electron chi connectivity index (χ2n) is 8.77. The van der Waals surface area contributed by atoms with Gasteiger partial charge in [-0.2, -0.15) is 0 Å². The Labute approximate surface area is 185 Å². The van der Waals surface area contributed by atoms with Gasteiger partial charge in [-0.3, -0.25) is 4.79 Å². The van der Waals surface area contributed by atoms with Crippen molar-refractivity contribution in [3.8, 4) is 5.75 Å². The largest absolute Gasteiger partial charge is 0.493 e. The van der Waals surface area contributed by atoms with Gasteiger partial charge in [-0.15, -0.1) is 0 Å². The molecule has 1 aliphatic heterocycles. The third-order valence-electron chi connectivity index (χ3n) is 5.60. The first kappa shape index (κ1) is 23.1. The van der Waals surface area contributed by atoms with Crippen LogP contribution in [0.4, 0.5) is 10.1 Å². The quantitative estimate of drug-likeness (QED) is 0.645. The average molecular weight is 428 g/mol. The van der Waals surface area contributed by atoms with Gasteiger partial charge in [0.25, 0.3) is 0 Å². The minimum atomic E-state index is -0.261. The topological polar surface area (TPSA) is 44.8 Å². The number of anilines is 1. The summed E-state index contributed by atoms with van der Waals surface area (Å²) in [6.45, 7) is 7.58. The highest BCUT2D eigenvalue weighted by molar-refractivity contribution is 5.81. The maximum Gasteiger partial charge on any atom is 0.242 e. The predicted octanol–water partition coefficient (Wildman–Crippen LogP) is 4.40. The zero-order valence-corrected chi connectivity index (χ0v) is 18.8. The van der Waals surface area contributed by atoms with E-state index in [1.807, 2.05) is 29.2 Å². The molecule has 0 aromatic heterocycles. The molecular weight excluding hydrogens is 393 g/mol. The number of nitrogens with zero attached hydrogens (tertiary/aromatic N) is 2. The Morgan fingerprint density at radius 1 is 1.13 bits per heavy atom. The fourth-order valence-corrected chi connectivity index (χ4v) is 3.73. The van der Waals surface area contributed by atoms with Gasteiger partial charge in [0.1, 0.15) is 11.6 Å². The molecule has 0 radical (unpaired) electrons. The van der Waals surface area contributed by atoms with Gasteiger partial charge in [0.15, 0.2) is 0 Å². The molecule has 5 nitrogen and oxygen atoms in total. The lowest BCUT2D eigenvalue weighted by molar-refractivity contribution is -0.133. The summed E-state index contributed by atoms with van der Waals surface area (Å²) in [5, 5.41) is 3.24. The lowest BCUT2D eigenvalue weighted by Gasteiger charge is -2.37. The minimum Gasteiger partial charge on any atom is -0.493 e. The van der Waals surface area contributed by atoms with Crippen molar-refractivity contribution in [1.82, 2.24) is 9.80 Å². The van der Waals surface area contributed by atoms with Crippen LogP contribution < -0.4 is 10.1 Å². The maximum absolute atomic E-state index is 13.3. The normalized spacial score (nSPS) is 15.1. The lowest BCUT2D eigenvalue weighted by atomic mass is 10.0. The molecule has 3 rings (SSSR count). The Bertz CT molecular complexity index is 816. The number of benzene rings is 2. The number of nitrogens with one attached hydrogen (secondary N) is 1. The fraction of sp³-hybridized carbons (Fsp3) is 0.480. The SMILES string of the molecule is CC(C)COc1ccc(NCC(=O)N(Cc2ccc(F)cc2)C2CCN(C)CC2)cc1. The van der Waals surface area contributed by atoms with E-state index in [0.717, 1.165) is 42.9 Å². The summed E-state index contributed by atoms with van der Waals surface area (Å²) in [6, 6.07) is 14.3. The fourth-order valence-electron chi connectivity index (χ4n) is 3.73. The lowest BCUT2D eigenvalue weighted by Crippen LogP contribution is -2.47. The number of ether oxygens (including phenoxy) is 1. The van der Waals surface area contributed by atoms with Crippen molar-refractivity contribution in [3.05, 3.63) is 59.9 Å². The Hall–Kier alpha value is -2.60. The molecule has 31 heavy (non-hydrogen) atoms. The van der Waals surface area contributed by atoms with E-state index in [1.165, 1.54) is 12.1 Å². The van der Waals surface area contributed by atoms with Crippen LogP contribution in [0.25, 0.3) is 0 Å². The van der Waals surface area contributed by atoms with Crippen LogP contribution in [0.5, 0.6) is 5.75 Å². The number of likely N-dealkylation sites (tertiary alicyclic amines) is 1. The van der Waals surface area contributed by atoms with Crippen molar-refractivity contribution >= 4 is 11.6 Å². The number of piperidine rings is 1. The van der Waals surface area contributed by atoms with Crippen molar-refractivity contribution in [2.24, 2.45) is 5.92 Å². The summed E-state index contributed by atoms with van der Waals surface area (Å²) in [7, 11) is 2.11. The highest BCUT2D eigenvalue weighted by atomic mass is 19.1. The van der Waals surface area contributed by atoms with E-state index in [1.54, 1.807) is 12.1 Å². The van der Waals surface area contributed by atoms with Gasteiger partial charge in [0.2, 0.25) is 5.91 Å². The number of carbonyl (C=O) groups is 1. The predicted molar refractivity (Wildman–Crippen MR) is 123 cm³/mol. The summed E-state index contributed by atoms with van der Waals surface area (Å²) in [5.41, 5.74) is 1.83. The highest BCUT2D eigenvalue weighted by Crippen LogP contribution is 2.20. The Morgan fingerprint density at radius 2 is 1.77 bits per heavy atom. The maximum atomic E-state index is 13.3. The first-order valence-corrected chi connectivity index (χ1v) is 11.1. The van der Waals surface area contributed by atoms with Crippen molar-refractivity contribution in [3.63, 3.8) is 0 Å². The molecule has 1 heterocycles. The van der Waals surface area contributed by atoms with E-state index in [-0.39, 0.29) is 24.3 Å². The van der Waals surface area contributed by atoms with E-state index in [2.05, 4.69) is 31.1 Å². The summed E-state index contributed by atoms with van der Waals surface area (Å²) < 4.78 is 19.0. The van der Waals surface area contributed by atoms with Crippen LogP contribution in [0.15, 0.2) is 48.5 Å². The molecule has 2 aromatic rings. The summed E-state index contributed by atoms with van der Waals surface area (Å²) in [5.74, 6) is 1.10. The van der Waals surface area contributed by atoms with Crippen LogP contribution >= 0.6 is 0 Å². The van der Waals surface area contributed by atoms with E-state index >= 15 is 0 Å². The number of halogens is 1. The van der Waals surface area contributed by atoms with Crippen LogP contribution in [0.3, 0.4) is 0 Å². The van der Waals surface area contributed by atoms with Gasteiger partial charge in [0.05, 0.1) is 13.2 Å². The van der Waals surface area contributed by atoms with Gasteiger partial charge in [-0.25, -0.2) is 4.39 Å². The summed E-state index contributed by atoms with van der Waals surface area (Å²) in [4.78, 5) is 17.4. The average Bonchev–Trinajstić information content (AvgIpc) is 2.77. The number of rotatable bonds is 9. The second kappa shape index (κ2) is 11.1. The molecule has 1 amide bonds. The van der Waals surface area contributed by atoms with Gasteiger partial charge in [-0.05, 0) is 80.9 Å². The molecule has 0 bridgehead atoms. The first-order valence-electron chi connectivity index (χ1n) is 11.1. The summed E-state index contributed by atoms with van der Waals surface area (Å²) in [6.07, 6.45) is 1.90. The van der Waals surface area contributed by atoms with Crippen LogP contribution in [-0.4, -0.2) is 55.0 Å². The monoisotopic (exact) mass is 427 g/mol. The Morgan fingerprint density at radius 3 is 2.39 bits per heavy atom. The van der Waals surface area contributed by atoms with E-state index in [9.17, 15) is 9.18 Å². The zero-order valence-electron chi connectivity index (χ0n) is 18.8. The molecule has 0 saturated carbocycles. The minimum absolute atomic E-state index is 0.0546. The van der Waals surface area contributed by atoms with Crippen LogP contribution in [-0.2, 0) is 11.3 Å². The third kappa shape index (κ3) is 7.24. The number of hydrogen-bond acceptors (Lipinski definition) is 4. The Kier molecular flexibility index (Phi) is 8.29. The summed E-state index contributed by atoms with van der Waals surface area (Å²) >= 11 is 0. The molecule has 1 N–H and O–H groups in total. The van der Waals surface area contributed by atoms with E-state index in [0.29, 0.717) is 19.1 Å². The standard InChI is InChI=1S/C25H34FN3O2/c1-19(2)18-31-24-10-8-22(9-11-24)27-16-25(30)29(23-12-14-28(3)15-13-23)17-20-4-6-21(26)7-5-20/h4-11,19,23,27H,12-18H2,1-3H3. The Balaban J connectivity index is 1.61. The molecule has 1 fully saturated rings. The van der Waals surface area contributed by atoms with Crippen LogP contribution in [0.2, 0.25) is 0 Å². The molecule has 168 valence electrons. The number of hydrogen-bond donors (Lipinski definition) is 1. The van der Waals surface area contributed by atoms with Crippen molar-refractivity contribution < 1.29 is 13.9 Å². The van der Waals surface area contributed by atoms with Crippen LogP contribution in [0.1, 0.15) is 32.3 Å². The van der Waals surface area contributed by atoms with Crippen LogP contribution in [0, 0.1) is 11.7 Å². The van der Waals surface area contributed by atoms with Crippen molar-refractivity contribution in [1.29, 1.82) is 0 Å². The van der Waals surface area contributed by atoms with Crippen molar-refractivity contribution in [2.45, 2.75) is 39.3 Å². The molecule has 6 heteroatoms. The van der Waals surface area contributed by atoms with Crippen molar-refractivity contribution in [2.75, 3.05) is 38.6 Å². The van der Waals surface area contributed by atoms with Gasteiger partial charge >= 0.3 is 0 Å².